The van der Waals surface area contributed by atoms with E-state index < -0.39 is 0 Å². The van der Waals surface area contributed by atoms with Crippen molar-refractivity contribution in [3.63, 3.8) is 0 Å². The lowest BCUT2D eigenvalue weighted by atomic mass is 10.0. The molecule has 2 aliphatic rings. The van der Waals surface area contributed by atoms with Gasteiger partial charge in [0.25, 0.3) is 0 Å². The Morgan fingerprint density at radius 1 is 1.27 bits per heavy atom. The molecule has 8 nitrogen and oxygen atoms in total. The second-order valence-electron chi connectivity index (χ2n) is 7.84. The molecule has 3 rings (SSSR count). The van der Waals surface area contributed by atoms with Crippen LogP contribution in [0.4, 0.5) is 0 Å². The molecular formula is C22H33N3O5. The van der Waals surface area contributed by atoms with Crippen molar-refractivity contribution in [2.75, 3.05) is 53.6 Å². The van der Waals surface area contributed by atoms with Crippen LogP contribution >= 0.6 is 0 Å². The molecule has 2 N–H and O–H groups in total. The minimum Gasteiger partial charge on any atom is -0.493 e. The fraction of sp³-hybridized carbons (Fsp3) is 0.636. The van der Waals surface area contributed by atoms with Crippen molar-refractivity contribution in [3.8, 4) is 11.5 Å². The predicted octanol–water partition coefficient (Wildman–Crippen LogP) is 0.980. The largest absolute Gasteiger partial charge is 0.493 e. The number of carbonyl (C=O) groups is 2. The summed E-state index contributed by atoms with van der Waals surface area (Å²) < 4.78 is 15.9. The number of methoxy groups -OCH3 is 2. The van der Waals surface area contributed by atoms with Crippen molar-refractivity contribution >= 4 is 11.8 Å². The summed E-state index contributed by atoms with van der Waals surface area (Å²) in [7, 11) is 3.24. The van der Waals surface area contributed by atoms with Gasteiger partial charge >= 0.3 is 0 Å². The molecule has 2 heterocycles. The van der Waals surface area contributed by atoms with Gasteiger partial charge in [0.1, 0.15) is 0 Å². The molecule has 166 valence electrons. The van der Waals surface area contributed by atoms with Gasteiger partial charge in [0, 0.05) is 45.2 Å². The zero-order valence-electron chi connectivity index (χ0n) is 17.9. The third kappa shape index (κ3) is 6.09. The number of benzene rings is 1. The maximum absolute atomic E-state index is 12.6. The number of nitrogens with zero attached hydrogens (tertiary/aromatic N) is 1. The molecule has 1 aromatic rings. The van der Waals surface area contributed by atoms with E-state index in [0.29, 0.717) is 50.8 Å². The van der Waals surface area contributed by atoms with Crippen LogP contribution in [0.1, 0.15) is 24.8 Å². The highest BCUT2D eigenvalue weighted by Gasteiger charge is 2.31. The van der Waals surface area contributed by atoms with Gasteiger partial charge in [-0.1, -0.05) is 6.07 Å². The lowest BCUT2D eigenvalue weighted by Crippen LogP contribution is -2.55. The number of hydrogen-bond donors (Lipinski definition) is 2. The third-order valence-corrected chi connectivity index (χ3v) is 5.69. The lowest BCUT2D eigenvalue weighted by Gasteiger charge is -2.34. The topological polar surface area (TPSA) is 89.1 Å². The van der Waals surface area contributed by atoms with Gasteiger partial charge in [0.05, 0.1) is 26.7 Å². The van der Waals surface area contributed by atoms with E-state index in [9.17, 15) is 9.59 Å². The van der Waals surface area contributed by atoms with E-state index in [1.54, 1.807) is 14.2 Å². The number of amides is 2. The predicted molar refractivity (Wildman–Crippen MR) is 113 cm³/mol. The molecule has 2 atom stereocenters. The zero-order valence-corrected chi connectivity index (χ0v) is 17.9. The molecule has 1 aromatic carbocycles. The van der Waals surface area contributed by atoms with E-state index >= 15 is 0 Å². The molecule has 2 amide bonds. The number of aryl methyl sites for hydroxylation is 1. The first-order valence-corrected chi connectivity index (χ1v) is 10.7. The van der Waals surface area contributed by atoms with Crippen LogP contribution in [0.25, 0.3) is 0 Å². The third-order valence-electron chi connectivity index (χ3n) is 5.69. The van der Waals surface area contributed by atoms with Crippen molar-refractivity contribution < 1.29 is 23.8 Å². The van der Waals surface area contributed by atoms with Crippen molar-refractivity contribution in [3.05, 3.63) is 23.8 Å². The molecule has 30 heavy (non-hydrogen) atoms. The highest BCUT2D eigenvalue weighted by atomic mass is 16.5. The summed E-state index contributed by atoms with van der Waals surface area (Å²) in [5, 5.41) is 6.35. The molecule has 0 spiro atoms. The van der Waals surface area contributed by atoms with E-state index in [4.69, 9.17) is 14.2 Å². The number of hydrogen-bond acceptors (Lipinski definition) is 6. The lowest BCUT2D eigenvalue weighted by molar-refractivity contribution is -0.137. The summed E-state index contributed by atoms with van der Waals surface area (Å²) >= 11 is 0. The molecule has 0 saturated carbocycles. The van der Waals surface area contributed by atoms with Crippen molar-refractivity contribution in [2.45, 2.75) is 31.7 Å². The van der Waals surface area contributed by atoms with E-state index in [1.807, 2.05) is 23.1 Å². The summed E-state index contributed by atoms with van der Waals surface area (Å²) in [6.07, 6.45) is 2.86. The quantitative estimate of drug-likeness (QED) is 0.580. The first-order chi connectivity index (χ1) is 14.6. The van der Waals surface area contributed by atoms with Crippen molar-refractivity contribution in [2.24, 2.45) is 5.92 Å². The maximum Gasteiger partial charge on any atom is 0.228 e. The van der Waals surface area contributed by atoms with E-state index in [0.717, 1.165) is 31.4 Å². The van der Waals surface area contributed by atoms with Gasteiger partial charge in [-0.15, -0.1) is 0 Å². The monoisotopic (exact) mass is 419 g/mol. The number of rotatable bonds is 9. The van der Waals surface area contributed by atoms with Crippen LogP contribution in [-0.2, 0) is 20.7 Å². The van der Waals surface area contributed by atoms with Gasteiger partial charge in [0.15, 0.2) is 11.5 Å². The minimum atomic E-state index is -0.0193. The molecule has 8 heteroatoms. The molecule has 2 unspecified atom stereocenters. The maximum atomic E-state index is 12.6. The normalized spacial score (nSPS) is 21.3. The SMILES string of the molecule is COc1ccc(CCCNC(=O)CC2CN(C(=O)C3CCOC3)CCN2)cc1OC. The Kier molecular flexibility index (Phi) is 8.33. The average molecular weight is 420 g/mol. The Morgan fingerprint density at radius 3 is 2.83 bits per heavy atom. The smallest absolute Gasteiger partial charge is 0.228 e. The molecule has 0 radical (unpaired) electrons. The van der Waals surface area contributed by atoms with Crippen molar-refractivity contribution in [1.29, 1.82) is 0 Å². The molecular weight excluding hydrogens is 386 g/mol. The van der Waals surface area contributed by atoms with Crippen LogP contribution < -0.4 is 20.1 Å². The van der Waals surface area contributed by atoms with Crippen LogP contribution in [-0.4, -0.2) is 76.4 Å². The van der Waals surface area contributed by atoms with Gasteiger partial charge in [-0.2, -0.15) is 0 Å². The summed E-state index contributed by atoms with van der Waals surface area (Å²) in [6.45, 7) is 3.79. The van der Waals surface area contributed by atoms with Gasteiger partial charge in [-0.05, 0) is 37.0 Å². The fourth-order valence-electron chi connectivity index (χ4n) is 4.00. The van der Waals surface area contributed by atoms with E-state index in [1.165, 1.54) is 0 Å². The Bertz CT molecular complexity index is 721. The Balaban J connectivity index is 1.36. The fourth-order valence-corrected chi connectivity index (χ4v) is 4.00. The zero-order chi connectivity index (χ0) is 21.3. The number of nitrogens with one attached hydrogen (secondary N) is 2. The molecule has 0 aromatic heterocycles. The second-order valence-corrected chi connectivity index (χ2v) is 7.84. The van der Waals surface area contributed by atoms with Crippen LogP contribution in [0.15, 0.2) is 18.2 Å². The summed E-state index contributed by atoms with van der Waals surface area (Å²) in [4.78, 5) is 26.8. The number of carbonyl (C=O) groups excluding carboxylic acids is 2. The number of piperazine rings is 1. The molecule has 0 aliphatic carbocycles. The molecule has 2 fully saturated rings. The molecule has 0 bridgehead atoms. The Labute approximate surface area is 178 Å². The molecule has 2 aliphatic heterocycles. The summed E-state index contributed by atoms with van der Waals surface area (Å²) in [6, 6.07) is 5.87. The van der Waals surface area contributed by atoms with Gasteiger partial charge in [0.2, 0.25) is 11.8 Å². The van der Waals surface area contributed by atoms with Crippen molar-refractivity contribution in [1.82, 2.24) is 15.5 Å². The van der Waals surface area contributed by atoms with Crippen LogP contribution in [0.2, 0.25) is 0 Å². The van der Waals surface area contributed by atoms with Gasteiger partial charge < -0.3 is 29.7 Å². The Morgan fingerprint density at radius 2 is 2.10 bits per heavy atom. The summed E-state index contributed by atoms with van der Waals surface area (Å²) in [5.41, 5.74) is 1.14. The highest BCUT2D eigenvalue weighted by molar-refractivity contribution is 5.80. The van der Waals surface area contributed by atoms with Gasteiger partial charge in [-0.3, -0.25) is 9.59 Å². The Hall–Kier alpha value is -2.32. The second kappa shape index (κ2) is 11.2. The van der Waals surface area contributed by atoms with E-state index in [-0.39, 0.29) is 23.8 Å². The average Bonchev–Trinajstić information content (AvgIpc) is 3.31. The first kappa shape index (κ1) is 22.4. The van der Waals surface area contributed by atoms with E-state index in [2.05, 4.69) is 10.6 Å². The van der Waals surface area contributed by atoms with Crippen LogP contribution in [0, 0.1) is 5.92 Å². The van der Waals surface area contributed by atoms with Gasteiger partial charge in [-0.25, -0.2) is 0 Å². The standard InChI is InChI=1S/C22H33N3O5/c1-28-19-6-5-16(12-20(19)29-2)4-3-8-24-21(26)13-18-14-25(10-9-23-18)22(27)17-7-11-30-15-17/h5-6,12,17-18,23H,3-4,7-11,13-15H2,1-2H3,(H,24,26). The highest BCUT2D eigenvalue weighted by Crippen LogP contribution is 2.27. The minimum absolute atomic E-state index is 0.00382. The van der Waals surface area contributed by atoms with Crippen LogP contribution in [0.3, 0.4) is 0 Å². The number of ether oxygens (including phenoxy) is 3. The molecule has 2 saturated heterocycles. The summed E-state index contributed by atoms with van der Waals surface area (Å²) in [5.74, 6) is 1.58. The van der Waals surface area contributed by atoms with Crippen LogP contribution in [0.5, 0.6) is 11.5 Å². The first-order valence-electron chi connectivity index (χ1n) is 10.7.